The highest BCUT2D eigenvalue weighted by Crippen LogP contribution is 2.13. The summed E-state index contributed by atoms with van der Waals surface area (Å²) in [5.41, 5.74) is 1.73. The Balaban J connectivity index is 0.00000364. The summed E-state index contributed by atoms with van der Waals surface area (Å²) in [6.07, 6.45) is 1.86. The Kier molecular flexibility index (Phi) is 10.1. The molecule has 1 aliphatic heterocycles. The smallest absolute Gasteiger partial charge is 0.225 e. The van der Waals surface area contributed by atoms with E-state index >= 15 is 0 Å². The number of hydrogen-bond acceptors (Lipinski definition) is 3. The minimum Gasteiger partial charge on any atom is -0.357 e. The van der Waals surface area contributed by atoms with Crippen molar-refractivity contribution in [1.29, 1.82) is 5.26 Å². The molecule has 1 heterocycles. The molecule has 2 rings (SSSR count). The number of amides is 1. The van der Waals surface area contributed by atoms with Crippen LogP contribution in [0.3, 0.4) is 0 Å². The Hall–Kier alpha value is -1.82. The van der Waals surface area contributed by atoms with Crippen LogP contribution in [0.25, 0.3) is 0 Å². The number of likely N-dealkylation sites (tertiary alicyclic amines) is 1. The lowest BCUT2D eigenvalue weighted by molar-refractivity contribution is -0.135. The van der Waals surface area contributed by atoms with Gasteiger partial charge in [-0.1, -0.05) is 26.0 Å². The summed E-state index contributed by atoms with van der Waals surface area (Å²) in [6.45, 7) is 8.89. The maximum absolute atomic E-state index is 12.1. The molecule has 1 aromatic rings. The van der Waals surface area contributed by atoms with Gasteiger partial charge in [-0.3, -0.25) is 4.79 Å². The van der Waals surface area contributed by atoms with Crippen molar-refractivity contribution in [3.8, 4) is 6.07 Å². The van der Waals surface area contributed by atoms with Crippen molar-refractivity contribution in [2.45, 2.75) is 46.2 Å². The van der Waals surface area contributed by atoms with Crippen molar-refractivity contribution < 1.29 is 4.79 Å². The van der Waals surface area contributed by atoms with Crippen LogP contribution < -0.4 is 10.6 Å². The zero-order chi connectivity index (χ0) is 18.9. The fourth-order valence-corrected chi connectivity index (χ4v) is 2.98. The van der Waals surface area contributed by atoms with Gasteiger partial charge in [0.05, 0.1) is 18.2 Å². The number of rotatable bonds is 5. The third-order valence-electron chi connectivity index (χ3n) is 4.49. The van der Waals surface area contributed by atoms with Crippen LogP contribution in [-0.2, 0) is 11.3 Å². The third kappa shape index (κ3) is 7.37. The molecule has 2 N–H and O–H groups in total. The second kappa shape index (κ2) is 11.8. The van der Waals surface area contributed by atoms with E-state index in [-0.39, 0.29) is 35.8 Å². The first-order valence-electron chi connectivity index (χ1n) is 9.36. The van der Waals surface area contributed by atoms with Gasteiger partial charge in [0, 0.05) is 31.6 Å². The average molecular weight is 483 g/mol. The lowest BCUT2D eigenvalue weighted by atomic mass is 10.0. The van der Waals surface area contributed by atoms with E-state index in [0.29, 0.717) is 18.2 Å². The molecular formula is C20H30IN5O. The number of nitriles is 1. The van der Waals surface area contributed by atoms with Crippen LogP contribution in [0.1, 0.15) is 44.7 Å². The molecule has 7 heteroatoms. The summed E-state index contributed by atoms with van der Waals surface area (Å²) >= 11 is 0. The number of nitrogens with zero attached hydrogens (tertiary/aromatic N) is 3. The van der Waals surface area contributed by atoms with Gasteiger partial charge in [0.1, 0.15) is 0 Å². The quantitative estimate of drug-likeness (QED) is 0.384. The number of halogens is 1. The molecule has 1 aliphatic rings. The van der Waals surface area contributed by atoms with E-state index in [0.717, 1.165) is 44.0 Å². The third-order valence-corrected chi connectivity index (χ3v) is 4.49. The van der Waals surface area contributed by atoms with E-state index < -0.39 is 0 Å². The average Bonchev–Trinajstić information content (AvgIpc) is 2.66. The minimum atomic E-state index is 0. The molecule has 1 aromatic carbocycles. The highest BCUT2D eigenvalue weighted by Gasteiger charge is 2.24. The van der Waals surface area contributed by atoms with Crippen molar-refractivity contribution in [3.63, 3.8) is 0 Å². The van der Waals surface area contributed by atoms with Gasteiger partial charge in [0.2, 0.25) is 5.91 Å². The van der Waals surface area contributed by atoms with E-state index in [1.165, 1.54) is 0 Å². The number of guanidine groups is 1. The zero-order valence-corrected chi connectivity index (χ0v) is 18.7. The van der Waals surface area contributed by atoms with Gasteiger partial charge in [-0.15, -0.1) is 24.0 Å². The second-order valence-corrected chi connectivity index (χ2v) is 6.90. The first kappa shape index (κ1) is 23.2. The number of nitrogens with one attached hydrogen (secondary N) is 2. The molecule has 0 aliphatic carbocycles. The molecule has 1 saturated heterocycles. The van der Waals surface area contributed by atoms with Crippen LogP contribution >= 0.6 is 24.0 Å². The Labute approximate surface area is 179 Å². The van der Waals surface area contributed by atoms with Gasteiger partial charge < -0.3 is 15.5 Å². The molecule has 1 amide bonds. The Morgan fingerprint density at radius 2 is 1.93 bits per heavy atom. The van der Waals surface area contributed by atoms with Gasteiger partial charge in [-0.05, 0) is 37.5 Å². The van der Waals surface area contributed by atoms with Gasteiger partial charge >= 0.3 is 0 Å². The first-order valence-corrected chi connectivity index (χ1v) is 9.36. The van der Waals surface area contributed by atoms with E-state index in [1.807, 2.05) is 49.9 Å². The van der Waals surface area contributed by atoms with Crippen LogP contribution in [0.15, 0.2) is 29.3 Å². The summed E-state index contributed by atoms with van der Waals surface area (Å²) in [7, 11) is 0. The number of aliphatic imine (C=N–C) groups is 1. The van der Waals surface area contributed by atoms with Crippen LogP contribution in [0.4, 0.5) is 0 Å². The SMILES string of the molecule is CCNC(=NCc1ccc(C#N)cc1)NC1CCN(C(=O)C(C)C)CC1.I. The molecule has 0 bridgehead atoms. The predicted molar refractivity (Wildman–Crippen MR) is 119 cm³/mol. The molecule has 0 aromatic heterocycles. The maximum atomic E-state index is 12.1. The first-order chi connectivity index (χ1) is 12.5. The lowest BCUT2D eigenvalue weighted by Crippen LogP contribution is -2.50. The molecule has 0 atom stereocenters. The number of carbonyl (C=O) groups is 1. The summed E-state index contributed by atoms with van der Waals surface area (Å²) in [4.78, 5) is 18.7. The largest absolute Gasteiger partial charge is 0.357 e. The van der Waals surface area contributed by atoms with Gasteiger partial charge in [-0.2, -0.15) is 5.26 Å². The molecular weight excluding hydrogens is 453 g/mol. The monoisotopic (exact) mass is 483 g/mol. The van der Waals surface area contributed by atoms with E-state index in [2.05, 4.69) is 21.7 Å². The summed E-state index contributed by atoms with van der Waals surface area (Å²) in [5, 5.41) is 15.6. The van der Waals surface area contributed by atoms with Crippen LogP contribution in [0, 0.1) is 17.2 Å². The molecule has 6 nitrogen and oxygen atoms in total. The van der Waals surface area contributed by atoms with E-state index in [9.17, 15) is 4.79 Å². The highest BCUT2D eigenvalue weighted by molar-refractivity contribution is 14.0. The predicted octanol–water partition coefficient (Wildman–Crippen LogP) is 2.88. The molecule has 27 heavy (non-hydrogen) atoms. The second-order valence-electron chi connectivity index (χ2n) is 6.90. The molecule has 0 spiro atoms. The standard InChI is InChI=1S/C20H29N5O.HI/c1-4-22-20(23-14-17-7-5-16(13-21)6-8-17)24-18-9-11-25(12-10-18)19(26)15(2)3;/h5-8,15,18H,4,9-12,14H2,1-3H3,(H2,22,23,24);1H. The fourth-order valence-electron chi connectivity index (χ4n) is 2.98. The minimum absolute atomic E-state index is 0. The lowest BCUT2D eigenvalue weighted by Gasteiger charge is -2.34. The van der Waals surface area contributed by atoms with Crippen LogP contribution in [0.2, 0.25) is 0 Å². The normalized spacial score (nSPS) is 15.1. The van der Waals surface area contributed by atoms with Crippen LogP contribution in [-0.4, -0.2) is 42.4 Å². The van der Waals surface area contributed by atoms with Gasteiger partial charge in [-0.25, -0.2) is 4.99 Å². The molecule has 148 valence electrons. The van der Waals surface area contributed by atoms with Crippen molar-refractivity contribution >= 4 is 35.8 Å². The zero-order valence-electron chi connectivity index (χ0n) is 16.4. The number of benzene rings is 1. The Morgan fingerprint density at radius 1 is 1.30 bits per heavy atom. The summed E-state index contributed by atoms with van der Waals surface area (Å²) < 4.78 is 0. The van der Waals surface area contributed by atoms with E-state index in [4.69, 9.17) is 5.26 Å². The maximum Gasteiger partial charge on any atom is 0.225 e. The molecule has 0 unspecified atom stereocenters. The van der Waals surface area contributed by atoms with Crippen molar-refractivity contribution in [2.24, 2.45) is 10.9 Å². The van der Waals surface area contributed by atoms with Crippen molar-refractivity contribution in [1.82, 2.24) is 15.5 Å². The van der Waals surface area contributed by atoms with Crippen molar-refractivity contribution in [3.05, 3.63) is 35.4 Å². The highest BCUT2D eigenvalue weighted by atomic mass is 127. The topological polar surface area (TPSA) is 80.5 Å². The summed E-state index contributed by atoms with van der Waals surface area (Å²) in [5.74, 6) is 1.10. The molecule has 0 radical (unpaired) electrons. The number of piperidine rings is 1. The Bertz CT molecular complexity index is 658. The van der Waals surface area contributed by atoms with Gasteiger partial charge in [0.25, 0.3) is 0 Å². The number of carbonyl (C=O) groups excluding carboxylic acids is 1. The van der Waals surface area contributed by atoms with Crippen LogP contribution in [0.5, 0.6) is 0 Å². The van der Waals surface area contributed by atoms with E-state index in [1.54, 1.807) is 0 Å². The molecule has 0 saturated carbocycles. The molecule has 1 fully saturated rings. The number of hydrogen-bond donors (Lipinski definition) is 2. The fraction of sp³-hybridized carbons (Fsp3) is 0.550. The van der Waals surface area contributed by atoms with Crippen molar-refractivity contribution in [2.75, 3.05) is 19.6 Å². The van der Waals surface area contributed by atoms with Gasteiger partial charge in [0.15, 0.2) is 5.96 Å². The Morgan fingerprint density at radius 3 is 2.44 bits per heavy atom. The summed E-state index contributed by atoms with van der Waals surface area (Å²) in [6, 6.07) is 9.94.